The molecule has 0 bridgehead atoms. The maximum Gasteiger partial charge on any atom is 0.165 e. The quantitative estimate of drug-likeness (QED) is 0.417. The second-order valence-corrected chi connectivity index (χ2v) is 7.14. The van der Waals surface area contributed by atoms with E-state index in [0.717, 1.165) is 5.56 Å². The molecule has 0 saturated carbocycles. The number of aliphatic hydroxyl groups excluding tert-OH is 1. The van der Waals surface area contributed by atoms with Crippen molar-refractivity contribution >= 4 is 0 Å². The fraction of sp³-hybridized carbons (Fsp3) is 0.280. The van der Waals surface area contributed by atoms with Crippen molar-refractivity contribution in [1.82, 2.24) is 0 Å². The van der Waals surface area contributed by atoms with Crippen molar-refractivity contribution in [3.05, 3.63) is 83.2 Å². The van der Waals surface area contributed by atoms with E-state index in [0.29, 0.717) is 30.8 Å². The highest BCUT2D eigenvalue weighted by atomic mass is 19.2. The van der Waals surface area contributed by atoms with E-state index in [2.05, 4.69) is 0 Å². The van der Waals surface area contributed by atoms with Gasteiger partial charge in [0.1, 0.15) is 12.4 Å². The number of aliphatic hydroxyl groups is 1. The summed E-state index contributed by atoms with van der Waals surface area (Å²) in [5, 5.41) is 9.94. The van der Waals surface area contributed by atoms with Gasteiger partial charge in [-0.15, -0.1) is 0 Å². The Balaban J connectivity index is 1.68. The molecule has 0 spiro atoms. The molecular weight excluding hydrogens is 405 g/mol. The predicted molar refractivity (Wildman–Crippen MR) is 114 cm³/mol. The second-order valence-electron chi connectivity index (χ2n) is 7.14. The monoisotopic (exact) mass is 430 g/mol. The van der Waals surface area contributed by atoms with Crippen LogP contribution in [0.25, 0.3) is 11.1 Å². The maximum atomic E-state index is 14.4. The fourth-order valence-electron chi connectivity index (χ4n) is 3.26. The number of benzene rings is 3. The molecule has 0 heterocycles. The average Bonchev–Trinajstić information content (AvgIpc) is 2.77. The van der Waals surface area contributed by atoms with Gasteiger partial charge in [0.2, 0.25) is 0 Å². The lowest BCUT2D eigenvalue weighted by atomic mass is 10.0. The van der Waals surface area contributed by atoms with Crippen LogP contribution in [0.15, 0.2) is 54.6 Å². The number of rotatable bonds is 9. The van der Waals surface area contributed by atoms with E-state index >= 15 is 0 Å². The number of halogens is 3. The molecule has 3 aromatic rings. The molecule has 0 aliphatic rings. The van der Waals surface area contributed by atoms with Crippen LogP contribution in [0.4, 0.5) is 13.2 Å². The largest absolute Gasteiger partial charge is 0.491 e. The van der Waals surface area contributed by atoms with Gasteiger partial charge in [-0.2, -0.15) is 0 Å². The third kappa shape index (κ3) is 5.39. The molecule has 1 atom stereocenters. The Labute approximate surface area is 180 Å². The molecule has 1 N–H and O–H groups in total. The summed E-state index contributed by atoms with van der Waals surface area (Å²) in [6.45, 7) is 3.87. The standard InChI is InChI=1S/C25H25F3O3/c1-3-5-22(29)20-12-8-18(24(27)25(20)28)15-31-19-10-6-16(7-11-19)17-9-13-23(30-4-2)21(26)14-17/h6-14,22,29H,3-5,15H2,1-2H3. The van der Waals surface area contributed by atoms with Gasteiger partial charge in [-0.3, -0.25) is 0 Å². The summed E-state index contributed by atoms with van der Waals surface area (Å²) in [6.07, 6.45) is -0.0159. The first-order valence-corrected chi connectivity index (χ1v) is 10.2. The van der Waals surface area contributed by atoms with Crippen molar-refractivity contribution in [1.29, 1.82) is 0 Å². The zero-order valence-electron chi connectivity index (χ0n) is 17.5. The van der Waals surface area contributed by atoms with Gasteiger partial charge in [0.25, 0.3) is 0 Å². The first kappa shape index (κ1) is 22.7. The molecule has 6 heteroatoms. The maximum absolute atomic E-state index is 14.4. The van der Waals surface area contributed by atoms with Crippen LogP contribution in [0.5, 0.6) is 11.5 Å². The summed E-state index contributed by atoms with van der Waals surface area (Å²) in [4.78, 5) is 0. The summed E-state index contributed by atoms with van der Waals surface area (Å²) in [5.41, 5.74) is 1.47. The lowest BCUT2D eigenvalue weighted by molar-refractivity contribution is 0.160. The minimum atomic E-state index is -1.05. The highest BCUT2D eigenvalue weighted by Gasteiger charge is 2.18. The van der Waals surface area contributed by atoms with Crippen LogP contribution in [-0.2, 0) is 6.61 Å². The number of hydrogen-bond donors (Lipinski definition) is 1. The minimum Gasteiger partial charge on any atom is -0.491 e. The van der Waals surface area contributed by atoms with Crippen molar-refractivity contribution in [2.45, 2.75) is 39.4 Å². The van der Waals surface area contributed by atoms with Crippen molar-refractivity contribution in [3.8, 4) is 22.6 Å². The van der Waals surface area contributed by atoms with Crippen LogP contribution < -0.4 is 9.47 Å². The van der Waals surface area contributed by atoms with Gasteiger partial charge < -0.3 is 14.6 Å². The molecular formula is C25H25F3O3. The highest BCUT2D eigenvalue weighted by molar-refractivity contribution is 5.65. The molecule has 0 saturated heterocycles. The average molecular weight is 430 g/mol. The van der Waals surface area contributed by atoms with Crippen LogP contribution >= 0.6 is 0 Å². The SMILES string of the molecule is CCCC(O)c1ccc(COc2ccc(-c3ccc(OCC)c(F)c3)cc2)c(F)c1F. The van der Waals surface area contributed by atoms with Crippen molar-refractivity contribution in [2.24, 2.45) is 0 Å². The van der Waals surface area contributed by atoms with Gasteiger partial charge in [-0.25, -0.2) is 13.2 Å². The summed E-state index contributed by atoms with van der Waals surface area (Å²) < 4.78 is 53.5. The van der Waals surface area contributed by atoms with E-state index in [9.17, 15) is 18.3 Å². The molecule has 1 unspecified atom stereocenters. The first-order chi connectivity index (χ1) is 14.9. The van der Waals surface area contributed by atoms with Crippen LogP contribution in [0.2, 0.25) is 0 Å². The lowest BCUT2D eigenvalue weighted by Gasteiger charge is -2.14. The molecule has 0 aromatic heterocycles. The smallest absolute Gasteiger partial charge is 0.165 e. The van der Waals surface area contributed by atoms with E-state index in [1.807, 2.05) is 6.92 Å². The summed E-state index contributed by atoms with van der Waals surface area (Å²) >= 11 is 0. The minimum absolute atomic E-state index is 0.0463. The topological polar surface area (TPSA) is 38.7 Å². The van der Waals surface area contributed by atoms with Crippen LogP contribution in [0.3, 0.4) is 0 Å². The van der Waals surface area contributed by atoms with E-state index in [-0.39, 0.29) is 23.5 Å². The molecule has 31 heavy (non-hydrogen) atoms. The van der Waals surface area contributed by atoms with Crippen molar-refractivity contribution < 1.29 is 27.8 Å². The Morgan fingerprint density at radius 2 is 1.55 bits per heavy atom. The van der Waals surface area contributed by atoms with Gasteiger partial charge in [-0.1, -0.05) is 43.7 Å². The zero-order valence-corrected chi connectivity index (χ0v) is 17.5. The van der Waals surface area contributed by atoms with Gasteiger partial charge in [0.15, 0.2) is 23.2 Å². The summed E-state index contributed by atoms with van der Waals surface area (Å²) in [6, 6.07) is 14.4. The molecule has 3 aromatic carbocycles. The fourth-order valence-corrected chi connectivity index (χ4v) is 3.26. The number of ether oxygens (including phenoxy) is 2. The molecule has 3 nitrogen and oxygen atoms in total. The highest BCUT2D eigenvalue weighted by Crippen LogP contribution is 2.28. The van der Waals surface area contributed by atoms with E-state index in [1.54, 1.807) is 43.3 Å². The van der Waals surface area contributed by atoms with E-state index in [1.165, 1.54) is 18.2 Å². The molecule has 0 amide bonds. The van der Waals surface area contributed by atoms with E-state index < -0.39 is 23.6 Å². The van der Waals surface area contributed by atoms with Gasteiger partial charge in [-0.05, 0) is 48.7 Å². The van der Waals surface area contributed by atoms with Crippen LogP contribution in [0, 0.1) is 17.5 Å². The summed E-state index contributed by atoms with van der Waals surface area (Å²) in [5.74, 6) is -1.84. The first-order valence-electron chi connectivity index (χ1n) is 10.2. The zero-order chi connectivity index (χ0) is 22.4. The molecule has 0 radical (unpaired) electrons. The summed E-state index contributed by atoms with van der Waals surface area (Å²) in [7, 11) is 0. The van der Waals surface area contributed by atoms with Crippen LogP contribution in [-0.4, -0.2) is 11.7 Å². The van der Waals surface area contributed by atoms with Crippen molar-refractivity contribution in [2.75, 3.05) is 6.61 Å². The molecule has 0 fully saturated rings. The molecule has 0 aliphatic carbocycles. The van der Waals surface area contributed by atoms with E-state index in [4.69, 9.17) is 9.47 Å². The Kier molecular flexibility index (Phi) is 7.58. The Hall–Kier alpha value is -2.99. The Morgan fingerprint density at radius 1 is 0.839 bits per heavy atom. The lowest BCUT2D eigenvalue weighted by Crippen LogP contribution is -2.07. The third-order valence-electron chi connectivity index (χ3n) is 4.93. The second kappa shape index (κ2) is 10.4. The Morgan fingerprint density at radius 3 is 2.19 bits per heavy atom. The van der Waals surface area contributed by atoms with Gasteiger partial charge in [0.05, 0.1) is 12.7 Å². The predicted octanol–water partition coefficient (Wildman–Crippen LogP) is 6.58. The molecule has 0 aliphatic heterocycles. The Bertz CT molecular complexity index is 1020. The molecule has 3 rings (SSSR count). The molecule has 164 valence electrons. The third-order valence-corrected chi connectivity index (χ3v) is 4.93. The number of hydrogen-bond acceptors (Lipinski definition) is 3. The van der Waals surface area contributed by atoms with Gasteiger partial charge in [0, 0.05) is 11.1 Å². The normalized spacial score (nSPS) is 11.9. The van der Waals surface area contributed by atoms with Crippen molar-refractivity contribution in [3.63, 3.8) is 0 Å². The van der Waals surface area contributed by atoms with Gasteiger partial charge >= 0.3 is 0 Å². The van der Waals surface area contributed by atoms with Crippen LogP contribution in [0.1, 0.15) is 43.9 Å².